The molecule has 3 aromatic rings. The Morgan fingerprint density at radius 3 is 2.34 bits per heavy atom. The topological polar surface area (TPSA) is 71.3 Å². The molecule has 0 saturated carbocycles. The van der Waals surface area contributed by atoms with Gasteiger partial charge >= 0.3 is 0 Å². The van der Waals surface area contributed by atoms with Crippen LogP contribution in [0.4, 0.5) is 0 Å². The molecule has 0 aliphatic carbocycles. The molecular weight excluding hydrogens is 366 g/mol. The van der Waals surface area contributed by atoms with E-state index in [2.05, 4.69) is 6.92 Å². The van der Waals surface area contributed by atoms with Gasteiger partial charge in [-0.25, -0.2) is 0 Å². The molecule has 0 amide bonds. The van der Waals surface area contributed by atoms with Gasteiger partial charge in [0, 0.05) is 22.9 Å². The van der Waals surface area contributed by atoms with Crippen molar-refractivity contribution in [2.75, 3.05) is 14.2 Å². The fourth-order valence-corrected chi connectivity index (χ4v) is 4.45. The van der Waals surface area contributed by atoms with E-state index >= 15 is 0 Å². The van der Waals surface area contributed by atoms with Crippen molar-refractivity contribution in [3.63, 3.8) is 0 Å². The van der Waals surface area contributed by atoms with E-state index in [1.807, 2.05) is 32.0 Å². The SMILES string of the molecule is COc1cc(O)c(-c2ccc(OC)c3c(O)cc(C)cc23)c2c1C(C)=N[C@@H](C)C2. The van der Waals surface area contributed by atoms with Crippen LogP contribution in [0.15, 0.2) is 35.3 Å². The number of methoxy groups -OCH3 is 2. The zero-order valence-corrected chi connectivity index (χ0v) is 17.3. The average Bonchev–Trinajstić information content (AvgIpc) is 2.66. The zero-order chi connectivity index (χ0) is 20.9. The Morgan fingerprint density at radius 1 is 0.931 bits per heavy atom. The first-order valence-electron chi connectivity index (χ1n) is 9.64. The number of aromatic hydroxyl groups is 2. The van der Waals surface area contributed by atoms with E-state index < -0.39 is 0 Å². The van der Waals surface area contributed by atoms with E-state index in [-0.39, 0.29) is 17.5 Å². The summed E-state index contributed by atoms with van der Waals surface area (Å²) in [5.41, 5.74) is 5.36. The Labute approximate surface area is 170 Å². The minimum absolute atomic E-state index is 0.104. The van der Waals surface area contributed by atoms with Crippen molar-refractivity contribution in [2.45, 2.75) is 33.2 Å². The van der Waals surface area contributed by atoms with Gasteiger partial charge in [-0.1, -0.05) is 6.07 Å². The van der Waals surface area contributed by atoms with E-state index in [0.29, 0.717) is 23.3 Å². The molecule has 1 atom stereocenters. The Hall–Kier alpha value is -3.21. The van der Waals surface area contributed by atoms with Crippen molar-refractivity contribution in [1.29, 1.82) is 0 Å². The van der Waals surface area contributed by atoms with Gasteiger partial charge in [0.1, 0.15) is 23.0 Å². The number of fused-ring (bicyclic) bond motifs is 2. The van der Waals surface area contributed by atoms with Gasteiger partial charge in [0.15, 0.2) is 0 Å². The van der Waals surface area contributed by atoms with Gasteiger partial charge in [0.2, 0.25) is 0 Å². The lowest BCUT2D eigenvalue weighted by molar-refractivity contribution is 0.405. The number of nitrogens with zero attached hydrogens (tertiary/aromatic N) is 1. The first-order valence-corrected chi connectivity index (χ1v) is 9.64. The minimum atomic E-state index is 0.104. The molecule has 0 unspecified atom stereocenters. The minimum Gasteiger partial charge on any atom is -0.507 e. The molecule has 0 bridgehead atoms. The first-order chi connectivity index (χ1) is 13.8. The lowest BCUT2D eigenvalue weighted by Crippen LogP contribution is -2.19. The molecule has 1 aliphatic rings. The summed E-state index contributed by atoms with van der Waals surface area (Å²) in [5, 5.41) is 23.1. The second-order valence-corrected chi connectivity index (χ2v) is 7.62. The lowest BCUT2D eigenvalue weighted by Gasteiger charge is -2.26. The van der Waals surface area contributed by atoms with Crippen LogP contribution in [-0.4, -0.2) is 36.2 Å². The highest BCUT2D eigenvalue weighted by molar-refractivity contribution is 6.09. The molecule has 5 nitrogen and oxygen atoms in total. The molecule has 0 radical (unpaired) electrons. The number of hydrogen-bond donors (Lipinski definition) is 2. The molecule has 4 rings (SSSR count). The summed E-state index contributed by atoms with van der Waals surface area (Å²) in [7, 11) is 3.19. The first kappa shape index (κ1) is 19.1. The third-order valence-corrected chi connectivity index (χ3v) is 5.56. The van der Waals surface area contributed by atoms with Crippen LogP contribution in [-0.2, 0) is 6.42 Å². The number of rotatable bonds is 3. The van der Waals surface area contributed by atoms with Crippen LogP contribution < -0.4 is 9.47 Å². The van der Waals surface area contributed by atoms with Crippen LogP contribution in [0.2, 0.25) is 0 Å². The maximum absolute atomic E-state index is 11.0. The standard InChI is InChI=1S/C24H25NO4/c1-12-8-16-15(6-7-20(28-4)24(16)18(26)9-12)23-17-10-13(2)25-14(3)22(17)21(29-5)11-19(23)27/h6-9,11,13,26-27H,10H2,1-5H3/t13-/m0/s1. The summed E-state index contributed by atoms with van der Waals surface area (Å²) in [6.07, 6.45) is 0.693. The quantitative estimate of drug-likeness (QED) is 0.659. The second kappa shape index (κ2) is 6.99. The number of ether oxygens (including phenoxy) is 2. The monoisotopic (exact) mass is 391 g/mol. The number of benzene rings is 3. The van der Waals surface area contributed by atoms with Gasteiger partial charge in [-0.15, -0.1) is 0 Å². The number of aryl methyl sites for hydroxylation is 1. The number of phenols is 2. The third kappa shape index (κ3) is 2.97. The number of aliphatic imine (C=N–C) groups is 1. The zero-order valence-electron chi connectivity index (χ0n) is 17.3. The average molecular weight is 391 g/mol. The van der Waals surface area contributed by atoms with E-state index in [0.717, 1.165) is 38.9 Å². The summed E-state index contributed by atoms with van der Waals surface area (Å²) in [6, 6.07) is 9.25. The van der Waals surface area contributed by atoms with Crippen molar-refractivity contribution in [1.82, 2.24) is 0 Å². The largest absolute Gasteiger partial charge is 0.507 e. The van der Waals surface area contributed by atoms with Crippen molar-refractivity contribution in [3.05, 3.63) is 47.0 Å². The highest BCUT2D eigenvalue weighted by atomic mass is 16.5. The Bertz CT molecular complexity index is 1160. The van der Waals surface area contributed by atoms with Crippen molar-refractivity contribution in [2.24, 2.45) is 4.99 Å². The van der Waals surface area contributed by atoms with E-state index in [1.165, 1.54) is 0 Å². The van der Waals surface area contributed by atoms with Crippen molar-refractivity contribution < 1.29 is 19.7 Å². The fourth-order valence-electron chi connectivity index (χ4n) is 4.45. The van der Waals surface area contributed by atoms with E-state index in [1.54, 1.807) is 26.4 Å². The smallest absolute Gasteiger partial charge is 0.131 e. The molecule has 0 saturated heterocycles. The van der Waals surface area contributed by atoms with E-state index in [4.69, 9.17) is 14.5 Å². The highest BCUT2D eigenvalue weighted by Crippen LogP contribution is 2.47. The lowest BCUT2D eigenvalue weighted by atomic mass is 9.84. The van der Waals surface area contributed by atoms with E-state index in [9.17, 15) is 10.2 Å². The second-order valence-electron chi connectivity index (χ2n) is 7.62. The fraction of sp³-hybridized carbons (Fsp3) is 0.292. The summed E-state index contributed by atoms with van der Waals surface area (Å²) in [5.74, 6) is 1.52. The summed E-state index contributed by atoms with van der Waals surface area (Å²) in [6.45, 7) is 5.97. The van der Waals surface area contributed by atoms with Gasteiger partial charge in [0.05, 0.1) is 25.6 Å². The molecule has 29 heavy (non-hydrogen) atoms. The highest BCUT2D eigenvalue weighted by Gasteiger charge is 2.27. The van der Waals surface area contributed by atoms with Gasteiger partial charge in [-0.2, -0.15) is 0 Å². The summed E-state index contributed by atoms with van der Waals surface area (Å²) < 4.78 is 11.0. The van der Waals surface area contributed by atoms with Crippen LogP contribution in [0.25, 0.3) is 21.9 Å². The normalized spacial score (nSPS) is 15.8. The molecule has 3 aromatic carbocycles. The van der Waals surface area contributed by atoms with Crippen molar-refractivity contribution >= 4 is 16.5 Å². The predicted molar refractivity (Wildman–Crippen MR) is 116 cm³/mol. The van der Waals surface area contributed by atoms with Crippen LogP contribution >= 0.6 is 0 Å². The molecule has 150 valence electrons. The van der Waals surface area contributed by atoms with Gasteiger partial charge in [0.25, 0.3) is 0 Å². The summed E-state index contributed by atoms with van der Waals surface area (Å²) >= 11 is 0. The van der Waals surface area contributed by atoms with Crippen LogP contribution in [0.3, 0.4) is 0 Å². The van der Waals surface area contributed by atoms with Crippen LogP contribution in [0, 0.1) is 6.92 Å². The molecule has 5 heteroatoms. The molecular formula is C24H25NO4. The number of hydrogen-bond acceptors (Lipinski definition) is 5. The van der Waals surface area contributed by atoms with Crippen LogP contribution in [0.5, 0.6) is 23.0 Å². The molecule has 2 N–H and O–H groups in total. The van der Waals surface area contributed by atoms with Crippen LogP contribution in [0.1, 0.15) is 30.5 Å². The van der Waals surface area contributed by atoms with Crippen molar-refractivity contribution in [3.8, 4) is 34.1 Å². The Balaban J connectivity index is 2.14. The van der Waals surface area contributed by atoms with Gasteiger partial charge in [-0.3, -0.25) is 4.99 Å². The molecule has 0 aromatic heterocycles. The molecule has 1 heterocycles. The summed E-state index contributed by atoms with van der Waals surface area (Å²) in [4.78, 5) is 4.71. The Kier molecular flexibility index (Phi) is 4.61. The maximum atomic E-state index is 11.0. The molecule has 0 spiro atoms. The number of phenolic OH excluding ortho intramolecular Hbond substituents is 2. The van der Waals surface area contributed by atoms with Gasteiger partial charge in [-0.05, 0) is 67.5 Å². The maximum Gasteiger partial charge on any atom is 0.131 e. The predicted octanol–water partition coefficient (Wildman–Crippen LogP) is 5.00. The molecule has 1 aliphatic heterocycles. The Morgan fingerprint density at radius 2 is 1.66 bits per heavy atom. The van der Waals surface area contributed by atoms with Gasteiger partial charge < -0.3 is 19.7 Å². The third-order valence-electron chi connectivity index (χ3n) is 5.56. The molecule has 0 fully saturated rings.